The van der Waals surface area contributed by atoms with Gasteiger partial charge in [-0.1, -0.05) is 96.1 Å². The Hall–Kier alpha value is -6.18. The molecule has 2 aliphatic heterocycles. The van der Waals surface area contributed by atoms with Gasteiger partial charge in [0.2, 0.25) is 11.8 Å². The summed E-state index contributed by atoms with van der Waals surface area (Å²) in [6, 6.07) is 21.2. The number of amides is 4. The number of hydrogen-bond donors (Lipinski definition) is 3. The van der Waals surface area contributed by atoms with Crippen molar-refractivity contribution >= 4 is 35.0 Å². The predicted molar refractivity (Wildman–Crippen MR) is 234 cm³/mol. The van der Waals surface area contributed by atoms with Gasteiger partial charge in [0.25, 0.3) is 0 Å². The third kappa shape index (κ3) is 8.85. The van der Waals surface area contributed by atoms with Crippen LogP contribution in [0.15, 0.2) is 72.9 Å². The van der Waals surface area contributed by atoms with Gasteiger partial charge in [-0.05, 0) is 76.5 Å². The zero-order valence-electron chi connectivity index (χ0n) is 36.6. The fourth-order valence-corrected chi connectivity index (χ4v) is 9.02. The van der Waals surface area contributed by atoms with Crippen molar-refractivity contribution in [3.8, 4) is 33.5 Å². The van der Waals surface area contributed by atoms with E-state index in [0.717, 1.165) is 69.0 Å². The minimum Gasteiger partial charge on any atom is -0.453 e. The summed E-state index contributed by atoms with van der Waals surface area (Å²) in [4.78, 5) is 73.9. The first-order valence-corrected chi connectivity index (χ1v) is 21.2. The number of benzene rings is 3. The normalized spacial score (nSPS) is 20.0. The molecule has 0 bridgehead atoms. The number of ether oxygens (including phenoxy) is 2. The summed E-state index contributed by atoms with van der Waals surface area (Å²) < 4.78 is 9.73. The number of likely N-dealkylation sites (N-methyl/N-ethyl adjacent to an activating group) is 1. The van der Waals surface area contributed by atoms with Crippen LogP contribution in [0.1, 0.15) is 78.1 Å². The molecule has 5 aromatic rings. The summed E-state index contributed by atoms with van der Waals surface area (Å²) >= 11 is 0. The van der Waals surface area contributed by atoms with Crippen molar-refractivity contribution in [1.82, 2.24) is 40.0 Å². The smallest absolute Gasteiger partial charge is 0.409 e. The maximum absolute atomic E-state index is 13.9. The quantitative estimate of drug-likeness (QED) is 0.120. The molecule has 4 amide bonds. The van der Waals surface area contributed by atoms with E-state index in [4.69, 9.17) is 19.4 Å². The van der Waals surface area contributed by atoms with Crippen LogP contribution in [0.2, 0.25) is 0 Å². The zero-order valence-corrected chi connectivity index (χ0v) is 36.6. The molecule has 0 radical (unpaired) electrons. The Kier molecular flexibility index (Phi) is 12.5. The molecule has 7 rings (SSSR count). The van der Waals surface area contributed by atoms with E-state index in [1.807, 2.05) is 49.8 Å². The highest BCUT2D eigenvalue weighted by Crippen LogP contribution is 2.38. The molecule has 2 aliphatic rings. The van der Waals surface area contributed by atoms with Gasteiger partial charge < -0.3 is 34.6 Å². The van der Waals surface area contributed by atoms with E-state index in [0.29, 0.717) is 13.1 Å². The molecule has 3 N–H and O–H groups in total. The van der Waals surface area contributed by atoms with Crippen molar-refractivity contribution in [2.24, 2.45) is 23.7 Å². The van der Waals surface area contributed by atoms with Crippen LogP contribution in [0.3, 0.4) is 0 Å². The molecular weight excluding hydrogens is 773 g/mol. The number of aromatic nitrogens is 4. The third-order valence-electron chi connectivity index (χ3n) is 12.2. The van der Waals surface area contributed by atoms with E-state index in [1.54, 1.807) is 7.05 Å². The van der Waals surface area contributed by atoms with E-state index < -0.39 is 24.3 Å². The highest BCUT2D eigenvalue weighted by atomic mass is 16.5. The lowest BCUT2D eigenvalue weighted by molar-refractivity contribution is -0.139. The summed E-state index contributed by atoms with van der Waals surface area (Å²) in [5.74, 6) is 1.57. The Balaban J connectivity index is 1.04. The summed E-state index contributed by atoms with van der Waals surface area (Å²) in [5, 5.41) is 2.72. The molecule has 6 atom stereocenters. The number of hydrogen-bond acceptors (Lipinski definition) is 8. The second-order valence-electron chi connectivity index (χ2n) is 17.5. The van der Waals surface area contributed by atoms with Crippen molar-refractivity contribution in [2.75, 3.05) is 34.4 Å². The van der Waals surface area contributed by atoms with Gasteiger partial charge >= 0.3 is 12.2 Å². The summed E-state index contributed by atoms with van der Waals surface area (Å²) in [7, 11) is 4.23. The molecule has 3 aromatic carbocycles. The van der Waals surface area contributed by atoms with Crippen molar-refractivity contribution in [1.29, 1.82) is 0 Å². The number of aromatic amines is 2. The topological polar surface area (TPSA) is 166 Å². The second-order valence-corrected chi connectivity index (χ2v) is 17.5. The Morgan fingerprint density at radius 3 is 1.82 bits per heavy atom. The molecule has 0 spiro atoms. The monoisotopic (exact) mass is 830 g/mol. The first-order valence-electron chi connectivity index (χ1n) is 21.2. The maximum atomic E-state index is 13.9. The first-order chi connectivity index (χ1) is 29.2. The van der Waals surface area contributed by atoms with Crippen molar-refractivity contribution in [2.45, 2.75) is 78.6 Å². The van der Waals surface area contributed by atoms with Crippen LogP contribution in [-0.4, -0.2) is 105 Å². The lowest BCUT2D eigenvalue weighted by Crippen LogP contribution is -2.52. The largest absolute Gasteiger partial charge is 0.453 e. The molecule has 4 heterocycles. The van der Waals surface area contributed by atoms with Crippen molar-refractivity contribution in [3.63, 3.8) is 0 Å². The number of rotatable bonds is 11. The van der Waals surface area contributed by atoms with Crippen LogP contribution in [-0.2, 0) is 19.1 Å². The number of nitrogens with zero attached hydrogens (tertiary/aromatic N) is 5. The van der Waals surface area contributed by atoms with Gasteiger partial charge in [0.05, 0.1) is 49.2 Å². The number of alkyl carbamates (subject to hydrolysis) is 1. The standard InChI is InChI=1S/C47H58N8O6/c1-26(2)40(52-46(58)60-8)44(56)54-24-29(6)21-39(54)43-49-35-19-18-34(22-36(35)50-43)32-12-10-30(11-13-32)31-14-16-33(17-15-31)37-23-48-42(51-37)38-20-28(5)25-55(38)45(57)41(27(3)4)53(7)47(59)61-9/h10-19,22-23,26-29,38-41H,20-21,24-25H2,1-9H3,(H,48,51)(H,49,50)(H,52,58)/t28-,29-,38-,39-,40?,41-/m0/s1. The molecule has 322 valence electrons. The minimum atomic E-state index is -0.702. The average Bonchev–Trinajstić information content (AvgIpc) is 4.07. The molecule has 14 heteroatoms. The number of imidazole rings is 2. The molecule has 0 aliphatic carbocycles. The van der Waals surface area contributed by atoms with Crippen LogP contribution >= 0.6 is 0 Å². The number of likely N-dealkylation sites (tertiary alicyclic amines) is 2. The van der Waals surface area contributed by atoms with Gasteiger partial charge in [-0.2, -0.15) is 0 Å². The van der Waals surface area contributed by atoms with Gasteiger partial charge in [0.15, 0.2) is 0 Å². The minimum absolute atomic E-state index is 0.0994. The van der Waals surface area contributed by atoms with Gasteiger partial charge in [0, 0.05) is 20.1 Å². The van der Waals surface area contributed by atoms with E-state index in [2.05, 4.69) is 89.8 Å². The molecule has 2 fully saturated rings. The van der Waals surface area contributed by atoms with Crippen LogP contribution in [0, 0.1) is 23.7 Å². The summed E-state index contributed by atoms with van der Waals surface area (Å²) in [5.41, 5.74) is 7.83. The Morgan fingerprint density at radius 1 is 0.721 bits per heavy atom. The third-order valence-corrected chi connectivity index (χ3v) is 12.2. The average molecular weight is 831 g/mol. The Bertz CT molecular complexity index is 2370. The number of carbonyl (C=O) groups is 4. The molecule has 2 saturated heterocycles. The molecule has 0 saturated carbocycles. The highest BCUT2D eigenvalue weighted by Gasteiger charge is 2.43. The molecule has 1 unspecified atom stereocenters. The van der Waals surface area contributed by atoms with Gasteiger partial charge in [-0.25, -0.2) is 19.6 Å². The van der Waals surface area contributed by atoms with Crippen molar-refractivity contribution < 1.29 is 28.7 Å². The maximum Gasteiger partial charge on any atom is 0.409 e. The first kappa shape index (κ1) is 42.9. The van der Waals surface area contributed by atoms with Gasteiger partial charge in [-0.3, -0.25) is 14.5 Å². The molecule has 2 aromatic heterocycles. The number of fused-ring (bicyclic) bond motifs is 1. The van der Waals surface area contributed by atoms with Crippen LogP contribution in [0.25, 0.3) is 44.5 Å². The molecule has 61 heavy (non-hydrogen) atoms. The number of methoxy groups -OCH3 is 2. The van der Waals surface area contributed by atoms with Gasteiger partial charge in [-0.15, -0.1) is 0 Å². The number of H-pyrrole nitrogens is 2. The lowest BCUT2D eigenvalue weighted by Gasteiger charge is -2.34. The zero-order chi connectivity index (χ0) is 43.7. The van der Waals surface area contributed by atoms with Crippen LogP contribution < -0.4 is 5.32 Å². The van der Waals surface area contributed by atoms with Crippen LogP contribution in [0.4, 0.5) is 9.59 Å². The molecule has 14 nitrogen and oxygen atoms in total. The highest BCUT2D eigenvalue weighted by molar-refractivity contribution is 5.88. The Morgan fingerprint density at radius 2 is 1.26 bits per heavy atom. The Labute approximate surface area is 357 Å². The fraction of sp³-hybridized carbons (Fsp3) is 0.447. The number of carbonyl (C=O) groups excluding carboxylic acids is 4. The van der Waals surface area contributed by atoms with Gasteiger partial charge in [0.1, 0.15) is 23.7 Å². The van der Waals surface area contributed by atoms with Crippen LogP contribution in [0.5, 0.6) is 0 Å². The van der Waals surface area contributed by atoms with E-state index in [1.165, 1.54) is 19.1 Å². The van der Waals surface area contributed by atoms with E-state index >= 15 is 0 Å². The second kappa shape index (κ2) is 17.8. The SMILES string of the molecule is COC(=O)NC(C(=O)N1C[C@@H](C)C[C@H]1c1nc2ccc(-c3ccc(-c4ccc(-c5cnc([C@@H]6C[C@H](C)CN6C(=O)[C@H](C(C)C)N(C)C(=O)OC)[nH]5)cc4)cc3)cc2[nH]1)C(C)C. The number of nitrogens with one attached hydrogen (secondary N) is 3. The van der Waals surface area contributed by atoms with E-state index in [9.17, 15) is 19.2 Å². The lowest BCUT2D eigenvalue weighted by atomic mass is 9.99. The molecular formula is C47H58N8O6. The predicted octanol–water partition coefficient (Wildman–Crippen LogP) is 8.21. The fourth-order valence-electron chi connectivity index (χ4n) is 9.02. The summed E-state index contributed by atoms with van der Waals surface area (Å²) in [6.07, 6.45) is 2.20. The summed E-state index contributed by atoms with van der Waals surface area (Å²) in [6.45, 7) is 13.1. The van der Waals surface area contributed by atoms with E-state index in [-0.39, 0.29) is 47.6 Å². The van der Waals surface area contributed by atoms with Crippen molar-refractivity contribution in [3.05, 3.63) is 84.6 Å².